The SMILES string of the molecule is Cc1ccccc1S(=O)(=O)NCC1CC(N)C1. The van der Waals surface area contributed by atoms with Gasteiger partial charge in [-0.1, -0.05) is 18.2 Å². The van der Waals surface area contributed by atoms with Gasteiger partial charge in [-0.05, 0) is 37.3 Å². The fourth-order valence-corrected chi connectivity index (χ4v) is 3.48. The summed E-state index contributed by atoms with van der Waals surface area (Å²) >= 11 is 0. The number of benzene rings is 1. The van der Waals surface area contributed by atoms with Crippen molar-refractivity contribution in [1.29, 1.82) is 0 Å². The summed E-state index contributed by atoms with van der Waals surface area (Å²) in [5.41, 5.74) is 6.44. The average molecular weight is 254 g/mol. The quantitative estimate of drug-likeness (QED) is 0.842. The van der Waals surface area contributed by atoms with Gasteiger partial charge < -0.3 is 5.73 Å². The molecular weight excluding hydrogens is 236 g/mol. The van der Waals surface area contributed by atoms with Crippen LogP contribution in [0.3, 0.4) is 0 Å². The minimum atomic E-state index is -3.37. The highest BCUT2D eigenvalue weighted by Crippen LogP contribution is 2.25. The zero-order valence-corrected chi connectivity index (χ0v) is 10.7. The van der Waals surface area contributed by atoms with Gasteiger partial charge in [0, 0.05) is 12.6 Å². The normalized spacial score (nSPS) is 24.4. The minimum absolute atomic E-state index is 0.253. The third-order valence-corrected chi connectivity index (χ3v) is 4.80. The Kier molecular flexibility index (Phi) is 3.51. The first-order chi connectivity index (χ1) is 7.99. The molecule has 3 N–H and O–H groups in total. The van der Waals surface area contributed by atoms with E-state index in [-0.39, 0.29) is 6.04 Å². The van der Waals surface area contributed by atoms with Crippen molar-refractivity contribution in [2.24, 2.45) is 11.7 Å². The molecule has 17 heavy (non-hydrogen) atoms. The maximum absolute atomic E-state index is 12.0. The van der Waals surface area contributed by atoms with E-state index in [2.05, 4.69) is 4.72 Å². The summed E-state index contributed by atoms with van der Waals surface area (Å²) in [7, 11) is -3.37. The molecule has 0 unspecified atom stereocenters. The van der Waals surface area contributed by atoms with Crippen molar-refractivity contribution < 1.29 is 8.42 Å². The van der Waals surface area contributed by atoms with Crippen molar-refractivity contribution in [3.8, 4) is 0 Å². The molecule has 2 rings (SSSR count). The van der Waals surface area contributed by atoms with E-state index in [9.17, 15) is 8.42 Å². The van der Waals surface area contributed by atoms with E-state index in [1.165, 1.54) is 0 Å². The molecule has 5 heteroatoms. The van der Waals surface area contributed by atoms with Crippen LogP contribution in [-0.4, -0.2) is 21.0 Å². The maximum atomic E-state index is 12.0. The molecule has 0 bridgehead atoms. The van der Waals surface area contributed by atoms with E-state index in [0.717, 1.165) is 18.4 Å². The number of rotatable bonds is 4. The molecule has 1 saturated carbocycles. The van der Waals surface area contributed by atoms with Gasteiger partial charge in [0.2, 0.25) is 10.0 Å². The standard InChI is InChI=1S/C12H18N2O2S/c1-9-4-2-3-5-12(9)17(15,16)14-8-10-6-11(13)7-10/h2-5,10-11,14H,6-8,13H2,1H3. The Morgan fingerprint density at radius 2 is 2.00 bits per heavy atom. The highest BCUT2D eigenvalue weighted by atomic mass is 32.2. The molecule has 1 aliphatic carbocycles. The molecule has 4 nitrogen and oxygen atoms in total. The lowest BCUT2D eigenvalue weighted by Gasteiger charge is -2.32. The van der Waals surface area contributed by atoms with E-state index >= 15 is 0 Å². The summed E-state index contributed by atoms with van der Waals surface area (Å²) in [6.07, 6.45) is 1.83. The lowest BCUT2D eigenvalue weighted by molar-refractivity contribution is 0.267. The summed E-state index contributed by atoms with van der Waals surface area (Å²) in [5, 5.41) is 0. The Morgan fingerprint density at radius 1 is 1.35 bits per heavy atom. The van der Waals surface area contributed by atoms with Crippen LogP contribution in [-0.2, 0) is 10.0 Å². The summed E-state index contributed by atoms with van der Waals surface area (Å²) in [5.74, 6) is 0.392. The smallest absolute Gasteiger partial charge is 0.240 e. The number of nitrogens with two attached hydrogens (primary N) is 1. The van der Waals surface area contributed by atoms with Gasteiger partial charge in [0.25, 0.3) is 0 Å². The molecule has 94 valence electrons. The van der Waals surface area contributed by atoms with E-state index in [0.29, 0.717) is 17.4 Å². The molecule has 1 aliphatic rings. The van der Waals surface area contributed by atoms with Crippen LogP contribution in [0.2, 0.25) is 0 Å². The predicted octanol–water partition coefficient (Wildman–Crippen LogP) is 1.01. The third kappa shape index (κ3) is 2.86. The van der Waals surface area contributed by atoms with Crippen LogP contribution in [0, 0.1) is 12.8 Å². The molecule has 0 amide bonds. The van der Waals surface area contributed by atoms with Crippen molar-refractivity contribution in [3.05, 3.63) is 29.8 Å². The molecule has 0 saturated heterocycles. The van der Waals surface area contributed by atoms with Crippen LogP contribution in [0.25, 0.3) is 0 Å². The van der Waals surface area contributed by atoms with Crippen molar-refractivity contribution in [2.45, 2.75) is 30.7 Å². The molecule has 0 spiro atoms. The molecule has 1 aromatic rings. The second kappa shape index (κ2) is 4.76. The summed E-state index contributed by atoms with van der Waals surface area (Å²) in [4.78, 5) is 0.364. The average Bonchev–Trinajstić information content (AvgIpc) is 2.23. The molecule has 0 atom stereocenters. The second-order valence-corrected chi connectivity index (χ2v) is 6.45. The van der Waals surface area contributed by atoms with Gasteiger partial charge in [-0.2, -0.15) is 0 Å². The topological polar surface area (TPSA) is 72.2 Å². The number of aryl methyl sites for hydroxylation is 1. The zero-order valence-electron chi connectivity index (χ0n) is 9.89. The summed E-state index contributed by atoms with van der Waals surface area (Å²) < 4.78 is 26.7. The van der Waals surface area contributed by atoms with Gasteiger partial charge in [0.15, 0.2) is 0 Å². The van der Waals surface area contributed by atoms with Crippen LogP contribution in [0.15, 0.2) is 29.2 Å². The maximum Gasteiger partial charge on any atom is 0.240 e. The third-order valence-electron chi connectivity index (χ3n) is 3.22. The van der Waals surface area contributed by atoms with Gasteiger partial charge in [-0.3, -0.25) is 0 Å². The van der Waals surface area contributed by atoms with Gasteiger partial charge >= 0.3 is 0 Å². The van der Waals surface area contributed by atoms with Crippen molar-refractivity contribution in [1.82, 2.24) is 4.72 Å². The first kappa shape index (κ1) is 12.5. The van der Waals surface area contributed by atoms with Gasteiger partial charge in [0.05, 0.1) is 4.90 Å². The van der Waals surface area contributed by atoms with Gasteiger partial charge in [-0.15, -0.1) is 0 Å². The fraction of sp³-hybridized carbons (Fsp3) is 0.500. The van der Waals surface area contributed by atoms with Crippen LogP contribution in [0.5, 0.6) is 0 Å². The van der Waals surface area contributed by atoms with E-state index in [1.807, 2.05) is 6.07 Å². The first-order valence-corrected chi connectivity index (χ1v) is 7.28. The molecule has 1 aromatic carbocycles. The van der Waals surface area contributed by atoms with Crippen molar-refractivity contribution >= 4 is 10.0 Å². The van der Waals surface area contributed by atoms with E-state index in [1.54, 1.807) is 25.1 Å². The van der Waals surface area contributed by atoms with Gasteiger partial charge in [0.1, 0.15) is 0 Å². The molecular formula is C12H18N2O2S. The van der Waals surface area contributed by atoms with Crippen LogP contribution >= 0.6 is 0 Å². The Bertz CT molecular complexity index is 493. The fourth-order valence-electron chi connectivity index (χ4n) is 2.12. The molecule has 0 heterocycles. The summed E-state index contributed by atoms with van der Waals surface area (Å²) in [6, 6.07) is 7.25. The van der Waals surface area contributed by atoms with Crippen LogP contribution in [0.1, 0.15) is 18.4 Å². The van der Waals surface area contributed by atoms with Crippen LogP contribution in [0.4, 0.5) is 0 Å². The highest BCUT2D eigenvalue weighted by Gasteiger charge is 2.27. The monoisotopic (exact) mass is 254 g/mol. The Hall–Kier alpha value is -0.910. The largest absolute Gasteiger partial charge is 0.328 e. The number of hydrogen-bond acceptors (Lipinski definition) is 3. The second-order valence-electron chi connectivity index (χ2n) is 4.71. The molecule has 0 aliphatic heterocycles. The number of nitrogens with one attached hydrogen (secondary N) is 1. The van der Waals surface area contributed by atoms with E-state index < -0.39 is 10.0 Å². The Labute approximate surface area is 102 Å². The van der Waals surface area contributed by atoms with Crippen LogP contribution < -0.4 is 10.5 Å². The first-order valence-electron chi connectivity index (χ1n) is 5.80. The Morgan fingerprint density at radius 3 is 2.59 bits per heavy atom. The highest BCUT2D eigenvalue weighted by molar-refractivity contribution is 7.89. The molecule has 0 aromatic heterocycles. The lowest BCUT2D eigenvalue weighted by Crippen LogP contribution is -2.42. The Balaban J connectivity index is 2.02. The number of sulfonamides is 1. The predicted molar refractivity (Wildman–Crippen MR) is 67.1 cm³/mol. The summed E-state index contributed by atoms with van der Waals surface area (Å²) in [6.45, 7) is 2.29. The van der Waals surface area contributed by atoms with E-state index in [4.69, 9.17) is 5.73 Å². The lowest BCUT2D eigenvalue weighted by atomic mass is 9.81. The minimum Gasteiger partial charge on any atom is -0.328 e. The van der Waals surface area contributed by atoms with Gasteiger partial charge in [-0.25, -0.2) is 13.1 Å². The molecule has 1 fully saturated rings. The molecule has 0 radical (unpaired) electrons. The van der Waals surface area contributed by atoms with Crippen molar-refractivity contribution in [2.75, 3.05) is 6.54 Å². The van der Waals surface area contributed by atoms with Crippen molar-refractivity contribution in [3.63, 3.8) is 0 Å². The number of hydrogen-bond donors (Lipinski definition) is 2. The zero-order chi connectivity index (χ0) is 12.5.